The lowest BCUT2D eigenvalue weighted by Gasteiger charge is -2.37. The van der Waals surface area contributed by atoms with E-state index in [4.69, 9.17) is 5.73 Å². The molecule has 1 aromatic heterocycles. The van der Waals surface area contributed by atoms with Gasteiger partial charge in [-0.1, -0.05) is 0 Å². The molecule has 1 aliphatic heterocycles. The van der Waals surface area contributed by atoms with Gasteiger partial charge in [0.1, 0.15) is 5.69 Å². The molecule has 2 rings (SSSR count). The highest BCUT2D eigenvalue weighted by molar-refractivity contribution is 8.00. The Morgan fingerprint density at radius 2 is 2.44 bits per heavy atom. The van der Waals surface area contributed by atoms with Crippen molar-refractivity contribution in [1.82, 2.24) is 15.1 Å². The third kappa shape index (κ3) is 2.16. The molecule has 0 aliphatic carbocycles. The van der Waals surface area contributed by atoms with Crippen LogP contribution in [0.4, 0.5) is 5.69 Å². The number of nitrogens with two attached hydrogens (primary N) is 1. The van der Waals surface area contributed by atoms with Crippen molar-refractivity contribution >= 4 is 23.4 Å². The number of carbonyl (C=O) groups is 1. The van der Waals surface area contributed by atoms with Crippen LogP contribution >= 0.6 is 11.8 Å². The van der Waals surface area contributed by atoms with Gasteiger partial charge in [0.2, 0.25) is 0 Å². The number of nitrogen functional groups attached to an aromatic ring is 1. The van der Waals surface area contributed by atoms with E-state index in [0.29, 0.717) is 11.4 Å². The zero-order valence-corrected chi connectivity index (χ0v) is 10.3. The lowest BCUT2D eigenvalue weighted by Crippen LogP contribution is -2.46. The van der Waals surface area contributed by atoms with Crippen LogP contribution in [0, 0.1) is 0 Å². The van der Waals surface area contributed by atoms with Crippen LogP contribution < -0.4 is 5.73 Å². The van der Waals surface area contributed by atoms with Crippen LogP contribution in [-0.2, 0) is 0 Å². The molecule has 0 radical (unpaired) electrons. The molecule has 5 nitrogen and oxygen atoms in total. The Bertz CT molecular complexity index is 401. The lowest BCUT2D eigenvalue weighted by molar-refractivity contribution is 0.0743. The van der Waals surface area contributed by atoms with Crippen molar-refractivity contribution in [1.29, 1.82) is 0 Å². The van der Waals surface area contributed by atoms with Gasteiger partial charge >= 0.3 is 0 Å². The maximum Gasteiger partial charge on any atom is 0.274 e. The summed E-state index contributed by atoms with van der Waals surface area (Å²) in [6.45, 7) is 5.81. The van der Waals surface area contributed by atoms with E-state index in [-0.39, 0.29) is 10.7 Å². The van der Waals surface area contributed by atoms with Crippen LogP contribution in [0.2, 0.25) is 0 Å². The van der Waals surface area contributed by atoms with Crippen LogP contribution in [0.25, 0.3) is 0 Å². The van der Waals surface area contributed by atoms with Crippen LogP contribution in [0.1, 0.15) is 24.3 Å². The van der Waals surface area contributed by atoms with Crippen molar-refractivity contribution < 1.29 is 4.79 Å². The molecule has 1 saturated heterocycles. The number of carbonyl (C=O) groups excluding carboxylic acids is 1. The third-order valence-electron chi connectivity index (χ3n) is 2.60. The van der Waals surface area contributed by atoms with Gasteiger partial charge in [0.15, 0.2) is 0 Å². The monoisotopic (exact) mass is 240 g/mol. The number of nitrogens with one attached hydrogen (secondary N) is 1. The number of anilines is 1. The average Bonchev–Trinajstić information content (AvgIpc) is 2.62. The highest BCUT2D eigenvalue weighted by Crippen LogP contribution is 2.30. The first-order valence-electron chi connectivity index (χ1n) is 5.22. The summed E-state index contributed by atoms with van der Waals surface area (Å²) in [6, 6.07) is 0. The molecule has 0 spiro atoms. The fourth-order valence-corrected chi connectivity index (χ4v) is 2.93. The number of thioether (sulfide) groups is 1. The Labute approximate surface area is 98.8 Å². The van der Waals surface area contributed by atoms with Crippen molar-refractivity contribution in [3.8, 4) is 0 Å². The second-order valence-electron chi connectivity index (χ2n) is 4.54. The summed E-state index contributed by atoms with van der Waals surface area (Å²) in [5.41, 5.74) is 6.49. The van der Waals surface area contributed by atoms with Crippen LogP contribution in [0.5, 0.6) is 0 Å². The highest BCUT2D eigenvalue weighted by Gasteiger charge is 2.31. The van der Waals surface area contributed by atoms with Gasteiger partial charge in [-0.15, -0.1) is 0 Å². The molecule has 88 valence electrons. The van der Waals surface area contributed by atoms with Crippen molar-refractivity contribution in [2.75, 3.05) is 24.6 Å². The van der Waals surface area contributed by atoms with Gasteiger partial charge in [0.25, 0.3) is 5.91 Å². The number of aromatic amines is 1. The molecule has 0 atom stereocenters. The fourth-order valence-electron chi connectivity index (χ4n) is 1.81. The molecule has 16 heavy (non-hydrogen) atoms. The topological polar surface area (TPSA) is 75.0 Å². The molecule has 0 unspecified atom stereocenters. The van der Waals surface area contributed by atoms with Crippen molar-refractivity contribution in [3.63, 3.8) is 0 Å². The molecule has 1 amide bonds. The van der Waals surface area contributed by atoms with Gasteiger partial charge < -0.3 is 10.6 Å². The minimum atomic E-state index is -0.0524. The quantitative estimate of drug-likeness (QED) is 0.766. The maximum atomic E-state index is 12.1. The molecular formula is C10H16N4OS. The van der Waals surface area contributed by atoms with Crippen molar-refractivity contribution in [2.45, 2.75) is 18.6 Å². The number of hydrogen-bond acceptors (Lipinski definition) is 4. The molecule has 0 saturated carbocycles. The van der Waals surface area contributed by atoms with E-state index in [9.17, 15) is 4.79 Å². The van der Waals surface area contributed by atoms with Crippen LogP contribution in [-0.4, -0.2) is 44.6 Å². The zero-order chi connectivity index (χ0) is 11.8. The SMILES string of the molecule is CC1(C)CN(C(=O)c2[nH]ncc2N)CCS1. The lowest BCUT2D eigenvalue weighted by atomic mass is 10.1. The molecule has 0 bridgehead atoms. The van der Waals surface area contributed by atoms with E-state index in [1.54, 1.807) is 0 Å². The summed E-state index contributed by atoms with van der Waals surface area (Å²) in [6.07, 6.45) is 1.47. The van der Waals surface area contributed by atoms with Crippen LogP contribution in [0.3, 0.4) is 0 Å². The normalized spacial score (nSPS) is 19.8. The molecule has 1 aliphatic rings. The van der Waals surface area contributed by atoms with Crippen molar-refractivity contribution in [2.24, 2.45) is 0 Å². The molecule has 0 aromatic carbocycles. The highest BCUT2D eigenvalue weighted by atomic mass is 32.2. The van der Waals surface area contributed by atoms with Gasteiger partial charge in [-0.3, -0.25) is 9.89 Å². The van der Waals surface area contributed by atoms with E-state index >= 15 is 0 Å². The second-order valence-corrected chi connectivity index (χ2v) is 6.34. The Balaban J connectivity index is 2.14. The average molecular weight is 240 g/mol. The number of H-pyrrole nitrogens is 1. The number of nitrogens with zero attached hydrogens (tertiary/aromatic N) is 2. The molecule has 6 heteroatoms. The molecule has 2 heterocycles. The predicted octanol–water partition coefficient (Wildman–Crippen LogP) is 0.960. The number of rotatable bonds is 1. The predicted molar refractivity (Wildman–Crippen MR) is 65.4 cm³/mol. The van der Waals surface area contributed by atoms with E-state index in [1.807, 2.05) is 16.7 Å². The minimum absolute atomic E-state index is 0.0524. The number of amides is 1. The summed E-state index contributed by atoms with van der Waals surface area (Å²) in [5, 5.41) is 6.43. The largest absolute Gasteiger partial charge is 0.396 e. The van der Waals surface area contributed by atoms with Gasteiger partial charge in [-0.05, 0) is 13.8 Å². The maximum absolute atomic E-state index is 12.1. The summed E-state index contributed by atoms with van der Waals surface area (Å²) in [7, 11) is 0. The smallest absolute Gasteiger partial charge is 0.274 e. The molecule has 3 N–H and O–H groups in total. The van der Waals surface area contributed by atoms with E-state index in [0.717, 1.165) is 18.8 Å². The summed E-state index contributed by atoms with van der Waals surface area (Å²) in [5.74, 6) is 0.913. The van der Waals surface area contributed by atoms with Gasteiger partial charge in [0.05, 0.1) is 11.9 Å². The van der Waals surface area contributed by atoms with Crippen LogP contribution in [0.15, 0.2) is 6.20 Å². The molecule has 1 aromatic rings. The zero-order valence-electron chi connectivity index (χ0n) is 9.49. The minimum Gasteiger partial charge on any atom is -0.396 e. The van der Waals surface area contributed by atoms with Gasteiger partial charge in [-0.2, -0.15) is 16.9 Å². The first kappa shape index (κ1) is 11.3. The standard InChI is InChI=1S/C10H16N4OS/c1-10(2)6-14(3-4-16-10)9(15)8-7(11)5-12-13-8/h5H,3-4,6,11H2,1-2H3,(H,12,13). The summed E-state index contributed by atoms with van der Waals surface area (Å²) in [4.78, 5) is 14.0. The van der Waals surface area contributed by atoms with Gasteiger partial charge in [0, 0.05) is 23.6 Å². The van der Waals surface area contributed by atoms with Crippen molar-refractivity contribution in [3.05, 3.63) is 11.9 Å². The van der Waals surface area contributed by atoms with E-state index in [2.05, 4.69) is 24.0 Å². The number of aromatic nitrogens is 2. The first-order valence-corrected chi connectivity index (χ1v) is 6.20. The fraction of sp³-hybridized carbons (Fsp3) is 0.600. The summed E-state index contributed by atoms with van der Waals surface area (Å²) < 4.78 is 0.114. The molecule has 1 fully saturated rings. The Hall–Kier alpha value is -1.17. The van der Waals surface area contributed by atoms with E-state index in [1.165, 1.54) is 6.20 Å². The third-order valence-corrected chi connectivity index (χ3v) is 3.89. The second kappa shape index (κ2) is 4.01. The Morgan fingerprint density at radius 3 is 3.00 bits per heavy atom. The molecular weight excluding hydrogens is 224 g/mol. The van der Waals surface area contributed by atoms with Gasteiger partial charge in [-0.25, -0.2) is 0 Å². The Kier molecular flexibility index (Phi) is 2.84. The first-order chi connectivity index (χ1) is 7.49. The number of hydrogen-bond donors (Lipinski definition) is 2. The Morgan fingerprint density at radius 1 is 1.69 bits per heavy atom. The van der Waals surface area contributed by atoms with E-state index < -0.39 is 0 Å². The summed E-state index contributed by atoms with van der Waals surface area (Å²) >= 11 is 1.89.